The Morgan fingerprint density at radius 3 is 2.03 bits per heavy atom. The molecule has 0 spiro atoms. The molecule has 0 heterocycles. The second kappa shape index (κ2) is 14.0. The van der Waals surface area contributed by atoms with E-state index in [2.05, 4.69) is 28.2 Å². The SMILES string of the molecule is CC1CC1.CCC(CC(C#N)NC(=O)CNC(=O)C(NCC(F)(F)F)C(C)(C)C)C(=O)NC. The third-order valence-electron chi connectivity index (χ3n) is 5.05. The molecule has 1 fully saturated rings. The zero-order valence-corrected chi connectivity index (χ0v) is 20.4. The predicted octanol–water partition coefficient (Wildman–Crippen LogP) is 2.26. The molecular weight excluding hydrogens is 439 g/mol. The van der Waals surface area contributed by atoms with Crippen molar-refractivity contribution in [2.24, 2.45) is 17.3 Å². The number of nitriles is 1. The molecule has 33 heavy (non-hydrogen) atoms. The maximum absolute atomic E-state index is 12.5. The zero-order valence-electron chi connectivity index (χ0n) is 20.4. The highest BCUT2D eigenvalue weighted by Gasteiger charge is 2.36. The lowest BCUT2D eigenvalue weighted by Crippen LogP contribution is -2.55. The van der Waals surface area contributed by atoms with Gasteiger partial charge in [-0.05, 0) is 24.2 Å². The van der Waals surface area contributed by atoms with Crippen LogP contribution < -0.4 is 21.3 Å². The van der Waals surface area contributed by atoms with Crippen LogP contribution in [0.4, 0.5) is 13.2 Å². The molecule has 8 nitrogen and oxygen atoms in total. The lowest BCUT2D eigenvalue weighted by Gasteiger charge is -2.30. The highest BCUT2D eigenvalue weighted by atomic mass is 19.4. The largest absolute Gasteiger partial charge is 0.401 e. The molecule has 0 aromatic rings. The van der Waals surface area contributed by atoms with Crippen LogP contribution in [0.15, 0.2) is 0 Å². The fourth-order valence-electron chi connectivity index (χ4n) is 2.78. The van der Waals surface area contributed by atoms with Crippen molar-refractivity contribution in [2.45, 2.75) is 78.6 Å². The molecule has 1 saturated carbocycles. The fourth-order valence-corrected chi connectivity index (χ4v) is 2.78. The fraction of sp³-hybridized carbons (Fsp3) is 0.818. The van der Waals surface area contributed by atoms with Crippen LogP contribution in [0.2, 0.25) is 0 Å². The van der Waals surface area contributed by atoms with E-state index in [-0.39, 0.29) is 12.3 Å². The molecule has 0 aromatic heterocycles. The van der Waals surface area contributed by atoms with Gasteiger partial charge in [-0.3, -0.25) is 19.7 Å². The summed E-state index contributed by atoms with van der Waals surface area (Å²) < 4.78 is 37.4. The number of halogens is 3. The number of carbonyl (C=O) groups excluding carboxylic acids is 3. The minimum atomic E-state index is -4.48. The van der Waals surface area contributed by atoms with E-state index in [1.54, 1.807) is 27.7 Å². The lowest BCUT2D eigenvalue weighted by molar-refractivity contribution is -0.136. The monoisotopic (exact) mass is 477 g/mol. The summed E-state index contributed by atoms with van der Waals surface area (Å²) in [5, 5.41) is 18.5. The Kier molecular flexibility index (Phi) is 13.0. The van der Waals surface area contributed by atoms with E-state index in [4.69, 9.17) is 0 Å². The average Bonchev–Trinajstić information content (AvgIpc) is 3.49. The molecular formula is C22H38F3N5O3. The Morgan fingerprint density at radius 1 is 1.12 bits per heavy atom. The lowest BCUT2D eigenvalue weighted by atomic mass is 9.86. The van der Waals surface area contributed by atoms with Gasteiger partial charge in [-0.15, -0.1) is 0 Å². The summed E-state index contributed by atoms with van der Waals surface area (Å²) in [6.45, 7) is 6.98. The van der Waals surface area contributed by atoms with Gasteiger partial charge in [0, 0.05) is 13.0 Å². The topological polar surface area (TPSA) is 123 Å². The summed E-state index contributed by atoms with van der Waals surface area (Å²) in [7, 11) is 1.47. The maximum Gasteiger partial charge on any atom is 0.401 e. The smallest absolute Gasteiger partial charge is 0.359 e. The zero-order chi connectivity index (χ0) is 25.8. The standard InChI is InChI=1S/C18H30F3N5O3.C4H8/c1-6-11(15(28)23-5)7-12(8-22)26-13(27)9-24-16(29)14(17(2,3)4)25-10-18(19,20)21;1-4-2-3-4/h11-12,14,25H,6-7,9-10H2,1-5H3,(H,23,28)(H,24,29)(H,26,27);4H,2-3H2,1H3. The number of amides is 3. The minimum absolute atomic E-state index is 0.101. The Labute approximate surface area is 194 Å². The van der Waals surface area contributed by atoms with Gasteiger partial charge in [-0.25, -0.2) is 0 Å². The number of alkyl halides is 3. The number of nitrogens with one attached hydrogen (secondary N) is 4. The Balaban J connectivity index is 0.00000228. The average molecular weight is 478 g/mol. The van der Waals surface area contributed by atoms with Crippen LogP contribution in [-0.2, 0) is 14.4 Å². The predicted molar refractivity (Wildman–Crippen MR) is 119 cm³/mol. The summed E-state index contributed by atoms with van der Waals surface area (Å²) in [5.41, 5.74) is -0.830. The van der Waals surface area contributed by atoms with Gasteiger partial charge in [-0.1, -0.05) is 47.5 Å². The molecule has 1 aliphatic rings. The van der Waals surface area contributed by atoms with Gasteiger partial charge in [0.1, 0.15) is 6.04 Å². The van der Waals surface area contributed by atoms with Gasteiger partial charge in [0.25, 0.3) is 0 Å². The van der Waals surface area contributed by atoms with Crippen molar-refractivity contribution in [3.63, 3.8) is 0 Å². The molecule has 0 radical (unpaired) electrons. The van der Waals surface area contributed by atoms with Gasteiger partial charge in [0.2, 0.25) is 17.7 Å². The van der Waals surface area contributed by atoms with E-state index in [0.29, 0.717) is 6.42 Å². The minimum Gasteiger partial charge on any atom is -0.359 e. The molecule has 0 saturated heterocycles. The Hall–Kier alpha value is -2.35. The van der Waals surface area contributed by atoms with Crippen LogP contribution in [0.5, 0.6) is 0 Å². The highest BCUT2D eigenvalue weighted by molar-refractivity contribution is 5.88. The normalized spacial score (nSPS) is 16.2. The summed E-state index contributed by atoms with van der Waals surface area (Å²) in [5.74, 6) is -1.07. The number of carbonyl (C=O) groups is 3. The second-order valence-corrected chi connectivity index (χ2v) is 9.40. The van der Waals surface area contributed by atoms with Crippen molar-refractivity contribution >= 4 is 17.7 Å². The molecule has 0 aromatic carbocycles. The maximum atomic E-state index is 12.5. The van der Waals surface area contributed by atoms with Crippen molar-refractivity contribution in [2.75, 3.05) is 20.1 Å². The van der Waals surface area contributed by atoms with Gasteiger partial charge in [0.15, 0.2) is 0 Å². The summed E-state index contributed by atoms with van der Waals surface area (Å²) >= 11 is 0. The van der Waals surface area contributed by atoms with Crippen LogP contribution in [0.1, 0.15) is 60.3 Å². The third-order valence-corrected chi connectivity index (χ3v) is 5.05. The first-order chi connectivity index (χ1) is 15.1. The van der Waals surface area contributed by atoms with Gasteiger partial charge in [0.05, 0.1) is 25.2 Å². The van der Waals surface area contributed by atoms with Crippen molar-refractivity contribution in [3.8, 4) is 6.07 Å². The Morgan fingerprint density at radius 2 is 1.67 bits per heavy atom. The van der Waals surface area contributed by atoms with Crippen LogP contribution in [0.3, 0.4) is 0 Å². The van der Waals surface area contributed by atoms with Crippen molar-refractivity contribution in [1.29, 1.82) is 5.26 Å². The summed E-state index contributed by atoms with van der Waals surface area (Å²) in [4.78, 5) is 36.0. The molecule has 1 aliphatic carbocycles. The molecule has 3 unspecified atom stereocenters. The van der Waals surface area contributed by atoms with Crippen LogP contribution in [0.25, 0.3) is 0 Å². The van der Waals surface area contributed by atoms with Gasteiger partial charge >= 0.3 is 6.18 Å². The van der Waals surface area contributed by atoms with Crippen molar-refractivity contribution in [1.82, 2.24) is 21.3 Å². The van der Waals surface area contributed by atoms with E-state index in [1.165, 1.54) is 19.9 Å². The van der Waals surface area contributed by atoms with E-state index < -0.39 is 54.5 Å². The Bertz CT molecular complexity index is 682. The van der Waals surface area contributed by atoms with E-state index >= 15 is 0 Å². The van der Waals surface area contributed by atoms with Gasteiger partial charge < -0.3 is 16.0 Å². The van der Waals surface area contributed by atoms with E-state index in [9.17, 15) is 32.8 Å². The first kappa shape index (κ1) is 30.6. The number of hydrogen-bond donors (Lipinski definition) is 4. The number of hydrogen-bond acceptors (Lipinski definition) is 5. The van der Waals surface area contributed by atoms with Crippen molar-refractivity contribution < 1.29 is 27.6 Å². The molecule has 11 heteroatoms. The molecule has 190 valence electrons. The summed E-state index contributed by atoms with van der Waals surface area (Å²) in [6, 6.07) is -0.234. The third kappa shape index (κ3) is 14.4. The van der Waals surface area contributed by atoms with Crippen LogP contribution in [0, 0.1) is 28.6 Å². The second-order valence-electron chi connectivity index (χ2n) is 9.40. The molecule has 1 rings (SSSR count). The van der Waals surface area contributed by atoms with E-state index in [0.717, 1.165) is 5.92 Å². The molecule has 0 aliphatic heterocycles. The number of nitrogens with zero attached hydrogens (tertiary/aromatic N) is 1. The first-order valence-electron chi connectivity index (χ1n) is 11.1. The van der Waals surface area contributed by atoms with Crippen LogP contribution in [-0.4, -0.2) is 56.1 Å². The molecule has 4 N–H and O–H groups in total. The van der Waals surface area contributed by atoms with E-state index in [1.807, 2.05) is 6.07 Å². The van der Waals surface area contributed by atoms with Crippen molar-refractivity contribution in [3.05, 3.63) is 0 Å². The molecule has 0 bridgehead atoms. The van der Waals surface area contributed by atoms with Crippen LogP contribution >= 0.6 is 0 Å². The van der Waals surface area contributed by atoms with Gasteiger partial charge in [-0.2, -0.15) is 18.4 Å². The highest BCUT2D eigenvalue weighted by Crippen LogP contribution is 2.26. The number of rotatable bonds is 10. The summed E-state index contributed by atoms with van der Waals surface area (Å²) in [6.07, 6.45) is -0.936. The molecule has 3 atom stereocenters. The first-order valence-corrected chi connectivity index (χ1v) is 11.1. The molecule has 3 amide bonds. The quantitative estimate of drug-likeness (QED) is 0.384.